The molecule has 3 rings (SSSR count). The van der Waals surface area contributed by atoms with E-state index in [-0.39, 0.29) is 11.8 Å². The number of piperazine rings is 1. The Labute approximate surface area is 134 Å². The monoisotopic (exact) mass is 337 g/mol. The number of likely N-dealkylation sites (N-methyl/N-ethyl adjacent to an activating group) is 1. The molecule has 1 aliphatic heterocycles. The molecule has 2 aromatic rings. The molecule has 3 N–H and O–H groups in total. The van der Waals surface area contributed by atoms with E-state index in [0.29, 0.717) is 17.3 Å². The first-order valence-electron chi connectivity index (χ1n) is 7.27. The zero-order valence-corrected chi connectivity index (χ0v) is 13.6. The third-order valence-electron chi connectivity index (χ3n) is 3.82. The third kappa shape index (κ3) is 3.94. The number of sulfonamides is 1. The van der Waals surface area contributed by atoms with Gasteiger partial charge < -0.3 is 9.84 Å². The molecule has 0 aliphatic carbocycles. The van der Waals surface area contributed by atoms with Crippen molar-refractivity contribution in [2.75, 3.05) is 26.7 Å². The highest BCUT2D eigenvalue weighted by Gasteiger charge is 2.25. The molecular formula is C14H19N5O3S. The molecule has 1 aliphatic rings. The lowest BCUT2D eigenvalue weighted by Gasteiger charge is -2.30. The van der Waals surface area contributed by atoms with Crippen LogP contribution >= 0.6 is 0 Å². The van der Waals surface area contributed by atoms with Crippen LogP contribution in [0.5, 0.6) is 0 Å². The van der Waals surface area contributed by atoms with Crippen LogP contribution < -0.4 is 10.5 Å². The highest BCUT2D eigenvalue weighted by molar-refractivity contribution is 7.88. The van der Waals surface area contributed by atoms with Gasteiger partial charge in [0.1, 0.15) is 0 Å². The van der Waals surface area contributed by atoms with Crippen LogP contribution in [0.15, 0.2) is 28.8 Å². The number of primary sulfonamides is 1. The minimum Gasteiger partial charge on any atom is -0.334 e. The van der Waals surface area contributed by atoms with Gasteiger partial charge in [-0.25, -0.2) is 13.6 Å². The van der Waals surface area contributed by atoms with Crippen LogP contribution in [0.25, 0.3) is 11.5 Å². The Hall–Kier alpha value is -1.81. The maximum absolute atomic E-state index is 11.1. The van der Waals surface area contributed by atoms with Crippen molar-refractivity contribution in [2.24, 2.45) is 5.14 Å². The first-order chi connectivity index (χ1) is 10.9. The second-order valence-electron chi connectivity index (χ2n) is 5.66. The van der Waals surface area contributed by atoms with Crippen LogP contribution in [-0.2, 0) is 15.8 Å². The summed E-state index contributed by atoms with van der Waals surface area (Å²) in [5, 5.41) is 12.4. The molecule has 1 atom stereocenters. The molecule has 1 aromatic heterocycles. The van der Waals surface area contributed by atoms with Crippen LogP contribution in [0.2, 0.25) is 0 Å². The van der Waals surface area contributed by atoms with Crippen molar-refractivity contribution in [3.63, 3.8) is 0 Å². The largest absolute Gasteiger partial charge is 0.334 e. The number of nitrogens with two attached hydrogens (primary N) is 1. The number of hydrogen-bond donors (Lipinski definition) is 2. The van der Waals surface area contributed by atoms with E-state index in [1.807, 2.05) is 7.05 Å². The van der Waals surface area contributed by atoms with Gasteiger partial charge in [-0.2, -0.15) is 4.98 Å². The van der Waals surface area contributed by atoms with Gasteiger partial charge in [0.25, 0.3) is 5.89 Å². The minimum atomic E-state index is -3.54. The van der Waals surface area contributed by atoms with Crippen molar-refractivity contribution < 1.29 is 12.9 Å². The van der Waals surface area contributed by atoms with Crippen molar-refractivity contribution in [1.29, 1.82) is 0 Å². The maximum Gasteiger partial charge on any atom is 0.257 e. The fourth-order valence-corrected chi connectivity index (χ4v) is 3.21. The van der Waals surface area contributed by atoms with Gasteiger partial charge in [-0.05, 0) is 24.7 Å². The molecular weight excluding hydrogens is 318 g/mol. The zero-order valence-electron chi connectivity index (χ0n) is 12.8. The van der Waals surface area contributed by atoms with Gasteiger partial charge in [0.15, 0.2) is 5.82 Å². The molecule has 0 bridgehead atoms. The Balaban J connectivity index is 1.77. The molecule has 0 radical (unpaired) electrons. The fourth-order valence-electron chi connectivity index (χ4n) is 2.56. The van der Waals surface area contributed by atoms with E-state index < -0.39 is 10.0 Å². The SMILES string of the molecule is CN1CCNCC1c1noc(-c2ccc(CS(N)(=O)=O)cc2)n1. The predicted molar refractivity (Wildman–Crippen MR) is 84.8 cm³/mol. The molecule has 1 fully saturated rings. The molecule has 0 spiro atoms. The smallest absolute Gasteiger partial charge is 0.257 e. The van der Waals surface area contributed by atoms with Gasteiger partial charge >= 0.3 is 0 Å². The standard InChI is InChI=1S/C14H19N5O3S/c1-19-7-6-16-8-12(19)13-17-14(22-18-13)11-4-2-10(3-5-11)9-23(15,20)21/h2-5,12,16H,6-9H2,1H3,(H2,15,20,21). The summed E-state index contributed by atoms with van der Waals surface area (Å²) < 4.78 is 27.5. The van der Waals surface area contributed by atoms with Gasteiger partial charge in [-0.3, -0.25) is 4.90 Å². The van der Waals surface area contributed by atoms with Gasteiger partial charge in [0, 0.05) is 25.2 Å². The highest BCUT2D eigenvalue weighted by atomic mass is 32.2. The molecule has 124 valence electrons. The lowest BCUT2D eigenvalue weighted by atomic mass is 10.1. The van der Waals surface area contributed by atoms with E-state index >= 15 is 0 Å². The molecule has 8 nitrogen and oxygen atoms in total. The van der Waals surface area contributed by atoms with Gasteiger partial charge in [-0.1, -0.05) is 17.3 Å². The van der Waals surface area contributed by atoms with E-state index in [1.54, 1.807) is 24.3 Å². The van der Waals surface area contributed by atoms with E-state index in [0.717, 1.165) is 25.2 Å². The lowest BCUT2D eigenvalue weighted by molar-refractivity contribution is 0.190. The average Bonchev–Trinajstić information content (AvgIpc) is 2.96. The lowest BCUT2D eigenvalue weighted by Crippen LogP contribution is -2.44. The predicted octanol–water partition coefficient (Wildman–Crippen LogP) is 0.101. The Morgan fingerprint density at radius 2 is 2.13 bits per heavy atom. The molecule has 23 heavy (non-hydrogen) atoms. The number of hydrogen-bond acceptors (Lipinski definition) is 7. The quantitative estimate of drug-likeness (QED) is 0.813. The summed E-state index contributed by atoms with van der Waals surface area (Å²) in [6, 6.07) is 6.97. The first-order valence-corrected chi connectivity index (χ1v) is 8.98. The van der Waals surface area contributed by atoms with E-state index in [1.165, 1.54) is 0 Å². The minimum absolute atomic E-state index is 0.0860. The van der Waals surface area contributed by atoms with Crippen LogP contribution in [-0.4, -0.2) is 50.1 Å². The van der Waals surface area contributed by atoms with Crippen molar-refractivity contribution in [3.8, 4) is 11.5 Å². The van der Waals surface area contributed by atoms with Crippen molar-refractivity contribution in [3.05, 3.63) is 35.7 Å². The molecule has 1 unspecified atom stereocenters. The zero-order chi connectivity index (χ0) is 16.4. The molecule has 0 amide bonds. The Bertz CT molecular complexity index is 772. The summed E-state index contributed by atoms with van der Waals surface area (Å²) in [6.07, 6.45) is 0. The topological polar surface area (TPSA) is 114 Å². The second-order valence-corrected chi connectivity index (χ2v) is 7.28. The molecule has 0 saturated carbocycles. The fraction of sp³-hybridized carbons (Fsp3) is 0.429. The van der Waals surface area contributed by atoms with Crippen LogP contribution in [0, 0.1) is 0 Å². The summed E-state index contributed by atoms with van der Waals surface area (Å²) in [4.78, 5) is 6.64. The molecule has 1 aromatic carbocycles. The van der Waals surface area contributed by atoms with Crippen LogP contribution in [0.1, 0.15) is 17.4 Å². The van der Waals surface area contributed by atoms with Crippen molar-refractivity contribution in [2.45, 2.75) is 11.8 Å². The number of rotatable bonds is 4. The summed E-state index contributed by atoms with van der Waals surface area (Å²) in [6.45, 7) is 2.66. The van der Waals surface area contributed by atoms with Gasteiger partial charge in [0.2, 0.25) is 10.0 Å². The Morgan fingerprint density at radius 3 is 2.78 bits per heavy atom. The van der Waals surface area contributed by atoms with Gasteiger partial charge in [-0.15, -0.1) is 0 Å². The number of aromatic nitrogens is 2. The van der Waals surface area contributed by atoms with Crippen molar-refractivity contribution >= 4 is 10.0 Å². The number of benzene rings is 1. The summed E-state index contributed by atoms with van der Waals surface area (Å²) in [5.74, 6) is 0.866. The number of nitrogens with one attached hydrogen (secondary N) is 1. The highest BCUT2D eigenvalue weighted by Crippen LogP contribution is 2.23. The average molecular weight is 337 g/mol. The van der Waals surface area contributed by atoms with Gasteiger partial charge in [0.05, 0.1) is 11.8 Å². The second kappa shape index (κ2) is 6.36. The Morgan fingerprint density at radius 1 is 1.39 bits per heavy atom. The third-order valence-corrected chi connectivity index (χ3v) is 4.56. The number of nitrogens with zero attached hydrogens (tertiary/aromatic N) is 3. The van der Waals surface area contributed by atoms with Crippen LogP contribution in [0.4, 0.5) is 0 Å². The van der Waals surface area contributed by atoms with E-state index in [2.05, 4.69) is 20.4 Å². The summed E-state index contributed by atoms with van der Waals surface area (Å²) >= 11 is 0. The maximum atomic E-state index is 11.1. The molecule has 1 saturated heterocycles. The first kappa shape index (κ1) is 16.1. The molecule has 2 heterocycles. The van der Waals surface area contributed by atoms with Crippen molar-refractivity contribution in [1.82, 2.24) is 20.4 Å². The van der Waals surface area contributed by atoms with Crippen LogP contribution in [0.3, 0.4) is 0 Å². The van der Waals surface area contributed by atoms with E-state index in [9.17, 15) is 8.42 Å². The normalized spacial score (nSPS) is 19.8. The molecule has 9 heteroatoms. The van der Waals surface area contributed by atoms with E-state index in [4.69, 9.17) is 9.66 Å². The summed E-state index contributed by atoms with van der Waals surface area (Å²) in [5.41, 5.74) is 1.36. The Kier molecular flexibility index (Phi) is 4.44. The summed E-state index contributed by atoms with van der Waals surface area (Å²) in [7, 11) is -1.50.